The number of nitrogens with zero attached hydrogens (tertiary/aromatic N) is 2. The van der Waals surface area contributed by atoms with Crippen molar-refractivity contribution in [2.24, 2.45) is 0 Å². The molecule has 2 aromatic carbocycles. The fourth-order valence-corrected chi connectivity index (χ4v) is 2.22. The van der Waals surface area contributed by atoms with Crippen LogP contribution in [0.25, 0.3) is 10.8 Å². The maximum atomic E-state index is 12.1. The van der Waals surface area contributed by atoms with Crippen molar-refractivity contribution in [1.29, 1.82) is 0 Å². The fraction of sp³-hybridized carbons (Fsp3) is 0.125. The molecule has 0 saturated heterocycles. The van der Waals surface area contributed by atoms with Gasteiger partial charge >= 0.3 is 6.03 Å². The van der Waals surface area contributed by atoms with Crippen molar-refractivity contribution < 1.29 is 4.79 Å². The molecule has 106 valence electrons. The van der Waals surface area contributed by atoms with Gasteiger partial charge in [0.2, 0.25) is 0 Å². The second kappa shape index (κ2) is 5.66. The molecule has 0 atom stereocenters. The number of aryl methyl sites for hydroxylation is 1. The number of carbonyl (C=O) groups excluding carboxylic acids is 1. The van der Waals surface area contributed by atoms with E-state index >= 15 is 0 Å². The summed E-state index contributed by atoms with van der Waals surface area (Å²) in [4.78, 5) is 12.1. The van der Waals surface area contributed by atoms with Gasteiger partial charge in [-0.1, -0.05) is 36.4 Å². The number of aromatic nitrogens is 2. The first-order valence-corrected chi connectivity index (χ1v) is 6.84. The van der Waals surface area contributed by atoms with E-state index in [0.717, 1.165) is 23.0 Å². The molecule has 0 fully saturated rings. The van der Waals surface area contributed by atoms with Crippen LogP contribution >= 0.6 is 0 Å². The highest BCUT2D eigenvalue weighted by atomic mass is 16.2. The smallest absolute Gasteiger partial charge is 0.307 e. The van der Waals surface area contributed by atoms with Gasteiger partial charge in [0.05, 0.1) is 17.6 Å². The lowest BCUT2D eigenvalue weighted by Gasteiger charge is -2.09. The molecule has 1 aromatic heterocycles. The van der Waals surface area contributed by atoms with E-state index in [-0.39, 0.29) is 6.03 Å². The molecule has 0 aliphatic heterocycles. The Balaban J connectivity index is 1.77. The lowest BCUT2D eigenvalue weighted by molar-refractivity contribution is 0.262. The minimum Gasteiger partial charge on any atom is -0.307 e. The number of carbonyl (C=O) groups is 1. The van der Waals surface area contributed by atoms with Crippen LogP contribution in [-0.2, 0) is 6.54 Å². The quantitative estimate of drug-likeness (QED) is 0.768. The van der Waals surface area contributed by atoms with Gasteiger partial charge in [0.1, 0.15) is 0 Å². The van der Waals surface area contributed by atoms with Crippen LogP contribution in [0.5, 0.6) is 0 Å². The number of hydrogen-bond donors (Lipinski definition) is 2. The molecule has 0 spiro atoms. The number of anilines is 2. The average Bonchev–Trinajstić information content (AvgIpc) is 2.95. The predicted molar refractivity (Wildman–Crippen MR) is 84.5 cm³/mol. The molecule has 5 nitrogen and oxygen atoms in total. The van der Waals surface area contributed by atoms with E-state index in [9.17, 15) is 4.79 Å². The Morgan fingerprint density at radius 2 is 1.95 bits per heavy atom. The minimum atomic E-state index is -0.276. The summed E-state index contributed by atoms with van der Waals surface area (Å²) < 4.78 is 1.76. The van der Waals surface area contributed by atoms with Gasteiger partial charge in [-0.25, -0.2) is 4.79 Å². The number of urea groups is 1. The molecule has 21 heavy (non-hydrogen) atoms. The van der Waals surface area contributed by atoms with E-state index in [1.165, 1.54) is 0 Å². The van der Waals surface area contributed by atoms with E-state index < -0.39 is 0 Å². The number of benzene rings is 2. The molecular weight excluding hydrogens is 264 g/mol. The predicted octanol–water partition coefficient (Wildman–Crippen LogP) is 3.70. The van der Waals surface area contributed by atoms with Gasteiger partial charge in [-0.05, 0) is 18.4 Å². The summed E-state index contributed by atoms with van der Waals surface area (Å²) in [6.45, 7) is 2.76. The standard InChI is InChI=1S/C16H16N4O/c1-2-20-11-13(10-17-20)18-16(21)19-15-9-5-7-12-6-3-4-8-14(12)15/h3-11H,2H2,1H3,(H2,18,19,21). The van der Waals surface area contributed by atoms with Crippen LogP contribution in [0.15, 0.2) is 54.9 Å². The number of rotatable bonds is 3. The van der Waals surface area contributed by atoms with E-state index in [1.54, 1.807) is 17.1 Å². The summed E-state index contributed by atoms with van der Waals surface area (Å²) in [7, 11) is 0. The molecule has 2 amide bonds. The third kappa shape index (κ3) is 2.86. The largest absolute Gasteiger partial charge is 0.323 e. The first-order chi connectivity index (χ1) is 10.3. The van der Waals surface area contributed by atoms with Crippen LogP contribution in [0.3, 0.4) is 0 Å². The molecule has 0 aliphatic rings. The Labute approximate surface area is 122 Å². The Morgan fingerprint density at radius 1 is 1.14 bits per heavy atom. The van der Waals surface area contributed by atoms with Gasteiger partial charge in [-0.2, -0.15) is 5.10 Å². The Bertz CT molecular complexity index is 773. The van der Waals surface area contributed by atoms with Gasteiger partial charge in [0.25, 0.3) is 0 Å². The lowest BCUT2D eigenvalue weighted by Crippen LogP contribution is -2.19. The van der Waals surface area contributed by atoms with Crippen molar-refractivity contribution in [2.45, 2.75) is 13.5 Å². The van der Waals surface area contributed by atoms with Crippen molar-refractivity contribution in [3.8, 4) is 0 Å². The summed E-state index contributed by atoms with van der Waals surface area (Å²) in [6.07, 6.45) is 3.43. The van der Waals surface area contributed by atoms with Gasteiger partial charge in [0.15, 0.2) is 0 Å². The first-order valence-electron chi connectivity index (χ1n) is 6.84. The molecule has 1 heterocycles. The maximum Gasteiger partial charge on any atom is 0.323 e. The minimum absolute atomic E-state index is 0.276. The molecule has 5 heteroatoms. The number of nitrogens with one attached hydrogen (secondary N) is 2. The highest BCUT2D eigenvalue weighted by Gasteiger charge is 2.06. The number of fused-ring (bicyclic) bond motifs is 1. The molecule has 3 rings (SSSR count). The van der Waals surface area contributed by atoms with E-state index in [0.29, 0.717) is 5.69 Å². The first kappa shape index (κ1) is 13.2. The van der Waals surface area contributed by atoms with Crippen LogP contribution in [0.4, 0.5) is 16.2 Å². The van der Waals surface area contributed by atoms with Gasteiger partial charge in [0, 0.05) is 18.1 Å². The molecule has 3 aromatic rings. The van der Waals surface area contributed by atoms with Crippen LogP contribution < -0.4 is 10.6 Å². The third-order valence-corrected chi connectivity index (χ3v) is 3.25. The monoisotopic (exact) mass is 280 g/mol. The van der Waals surface area contributed by atoms with Crippen molar-refractivity contribution in [1.82, 2.24) is 9.78 Å². The second-order valence-electron chi connectivity index (χ2n) is 4.69. The van der Waals surface area contributed by atoms with Gasteiger partial charge in [-0.3, -0.25) is 4.68 Å². The average molecular weight is 280 g/mol. The number of amides is 2. The molecular formula is C16H16N4O. The second-order valence-corrected chi connectivity index (χ2v) is 4.69. The van der Waals surface area contributed by atoms with E-state index in [1.807, 2.05) is 49.4 Å². The van der Waals surface area contributed by atoms with Gasteiger partial charge in [-0.15, -0.1) is 0 Å². The summed E-state index contributed by atoms with van der Waals surface area (Å²) in [5.41, 5.74) is 1.46. The zero-order chi connectivity index (χ0) is 14.7. The fourth-order valence-electron chi connectivity index (χ4n) is 2.22. The highest BCUT2D eigenvalue weighted by Crippen LogP contribution is 2.23. The molecule has 2 N–H and O–H groups in total. The summed E-state index contributed by atoms with van der Waals surface area (Å²) in [5, 5.41) is 11.9. The summed E-state index contributed by atoms with van der Waals surface area (Å²) in [6, 6.07) is 13.5. The van der Waals surface area contributed by atoms with E-state index in [4.69, 9.17) is 0 Å². The third-order valence-electron chi connectivity index (χ3n) is 3.25. The van der Waals surface area contributed by atoms with Crippen molar-refractivity contribution >= 4 is 28.2 Å². The van der Waals surface area contributed by atoms with Crippen LogP contribution in [0, 0.1) is 0 Å². The zero-order valence-corrected chi connectivity index (χ0v) is 11.7. The van der Waals surface area contributed by atoms with Crippen LogP contribution in [-0.4, -0.2) is 15.8 Å². The van der Waals surface area contributed by atoms with Crippen LogP contribution in [0.1, 0.15) is 6.92 Å². The van der Waals surface area contributed by atoms with Gasteiger partial charge < -0.3 is 10.6 Å². The molecule has 0 bridgehead atoms. The lowest BCUT2D eigenvalue weighted by atomic mass is 10.1. The maximum absolute atomic E-state index is 12.1. The molecule has 0 aliphatic carbocycles. The molecule has 0 radical (unpaired) electrons. The molecule has 0 unspecified atom stereocenters. The molecule has 0 saturated carbocycles. The topological polar surface area (TPSA) is 59.0 Å². The van der Waals surface area contributed by atoms with Crippen molar-refractivity contribution in [3.05, 3.63) is 54.9 Å². The van der Waals surface area contributed by atoms with E-state index in [2.05, 4.69) is 15.7 Å². The number of hydrogen-bond acceptors (Lipinski definition) is 2. The highest BCUT2D eigenvalue weighted by molar-refractivity contribution is 6.06. The normalized spacial score (nSPS) is 10.5. The zero-order valence-electron chi connectivity index (χ0n) is 11.7. The Morgan fingerprint density at radius 3 is 2.76 bits per heavy atom. The van der Waals surface area contributed by atoms with Crippen molar-refractivity contribution in [3.63, 3.8) is 0 Å². The van der Waals surface area contributed by atoms with Crippen LogP contribution in [0.2, 0.25) is 0 Å². The Kier molecular flexibility index (Phi) is 3.55. The summed E-state index contributed by atoms with van der Waals surface area (Å²) >= 11 is 0. The summed E-state index contributed by atoms with van der Waals surface area (Å²) in [5.74, 6) is 0. The SMILES string of the molecule is CCn1cc(NC(=O)Nc2cccc3ccccc23)cn1. The Hall–Kier alpha value is -2.82. The van der Waals surface area contributed by atoms with Crippen molar-refractivity contribution in [2.75, 3.05) is 10.6 Å².